The van der Waals surface area contributed by atoms with Crippen molar-refractivity contribution in [2.24, 2.45) is 0 Å². The largest absolute Gasteiger partial charge is 0.334 e. The molecular formula is C19H19F2N3O2. The minimum Gasteiger partial charge on any atom is -0.334 e. The van der Waals surface area contributed by atoms with Crippen LogP contribution in [-0.2, 0) is 24.3 Å². The summed E-state index contributed by atoms with van der Waals surface area (Å²) in [5, 5.41) is 5.49. The number of hydrogen-bond donors (Lipinski definition) is 2. The van der Waals surface area contributed by atoms with Crippen molar-refractivity contribution < 1.29 is 18.4 Å². The molecule has 0 bridgehead atoms. The maximum Gasteiger partial charge on any atom is 0.317 e. The van der Waals surface area contributed by atoms with Crippen molar-refractivity contribution in [3.63, 3.8) is 0 Å². The van der Waals surface area contributed by atoms with E-state index in [0.717, 1.165) is 22.9 Å². The Bertz CT molecular complexity index is 834. The number of anilines is 1. The molecule has 1 aliphatic heterocycles. The highest BCUT2D eigenvalue weighted by molar-refractivity contribution is 5.90. The molecule has 3 rings (SSSR count). The van der Waals surface area contributed by atoms with Crippen LogP contribution >= 0.6 is 0 Å². The van der Waals surface area contributed by atoms with E-state index in [4.69, 9.17) is 0 Å². The number of halogens is 2. The van der Waals surface area contributed by atoms with Gasteiger partial charge >= 0.3 is 6.03 Å². The molecule has 136 valence electrons. The molecule has 0 radical (unpaired) electrons. The second-order valence-electron chi connectivity index (χ2n) is 6.23. The van der Waals surface area contributed by atoms with Gasteiger partial charge in [0, 0.05) is 38.3 Å². The highest BCUT2D eigenvalue weighted by Crippen LogP contribution is 2.26. The molecule has 0 aromatic heterocycles. The number of benzene rings is 2. The van der Waals surface area contributed by atoms with Crippen LogP contribution in [0.3, 0.4) is 0 Å². The first-order valence-corrected chi connectivity index (χ1v) is 8.28. The van der Waals surface area contributed by atoms with E-state index >= 15 is 0 Å². The summed E-state index contributed by atoms with van der Waals surface area (Å²) in [5.74, 6) is -1.49. The van der Waals surface area contributed by atoms with E-state index in [1.807, 2.05) is 18.2 Å². The van der Waals surface area contributed by atoms with Crippen molar-refractivity contribution in [3.05, 3.63) is 64.7 Å². The van der Waals surface area contributed by atoms with Gasteiger partial charge in [-0.15, -0.1) is 0 Å². The zero-order valence-electron chi connectivity index (χ0n) is 14.3. The lowest BCUT2D eigenvalue weighted by Crippen LogP contribution is -2.42. The molecule has 0 unspecified atom stereocenters. The van der Waals surface area contributed by atoms with Crippen molar-refractivity contribution in [1.82, 2.24) is 10.2 Å². The lowest BCUT2D eigenvalue weighted by atomic mass is 9.98. The zero-order chi connectivity index (χ0) is 18.7. The number of carbonyl (C=O) groups excluding carboxylic acids is 2. The molecule has 26 heavy (non-hydrogen) atoms. The Morgan fingerprint density at radius 2 is 1.88 bits per heavy atom. The summed E-state index contributed by atoms with van der Waals surface area (Å²) in [6.07, 6.45) is 0.619. The molecule has 2 aromatic carbocycles. The molecule has 2 N–H and O–H groups in total. The molecule has 5 nitrogen and oxygen atoms in total. The Hall–Kier alpha value is -2.96. The summed E-state index contributed by atoms with van der Waals surface area (Å²) < 4.78 is 26.4. The first-order valence-electron chi connectivity index (χ1n) is 8.28. The summed E-state index contributed by atoms with van der Waals surface area (Å²) in [6.45, 7) is 2.40. The predicted octanol–water partition coefficient (Wildman–Crippen LogP) is 3.19. The third kappa shape index (κ3) is 4.17. The quantitative estimate of drug-likeness (QED) is 0.884. The first kappa shape index (κ1) is 17.8. The average Bonchev–Trinajstić information content (AvgIpc) is 2.58. The van der Waals surface area contributed by atoms with Crippen molar-refractivity contribution in [2.45, 2.75) is 26.4 Å². The van der Waals surface area contributed by atoms with Gasteiger partial charge in [0.1, 0.15) is 11.6 Å². The van der Waals surface area contributed by atoms with Crippen LogP contribution in [0.1, 0.15) is 23.6 Å². The third-order valence-corrected chi connectivity index (χ3v) is 4.23. The fraction of sp³-hybridized carbons (Fsp3) is 0.263. The van der Waals surface area contributed by atoms with Crippen molar-refractivity contribution in [3.8, 4) is 0 Å². The maximum atomic E-state index is 13.2. The number of urea groups is 1. The van der Waals surface area contributed by atoms with Crippen LogP contribution in [0.5, 0.6) is 0 Å². The number of carbonyl (C=O) groups is 2. The van der Waals surface area contributed by atoms with Gasteiger partial charge in [-0.3, -0.25) is 4.79 Å². The highest BCUT2D eigenvalue weighted by Gasteiger charge is 2.22. The second-order valence-corrected chi connectivity index (χ2v) is 6.23. The lowest BCUT2D eigenvalue weighted by molar-refractivity contribution is -0.114. The Labute approximate surface area is 150 Å². The van der Waals surface area contributed by atoms with Crippen LogP contribution in [0.25, 0.3) is 0 Å². The van der Waals surface area contributed by atoms with Gasteiger partial charge in [-0.25, -0.2) is 13.6 Å². The number of hydrogen-bond acceptors (Lipinski definition) is 2. The van der Waals surface area contributed by atoms with Gasteiger partial charge < -0.3 is 15.5 Å². The van der Waals surface area contributed by atoms with Crippen LogP contribution in [-0.4, -0.2) is 23.4 Å². The van der Waals surface area contributed by atoms with Crippen LogP contribution in [0.15, 0.2) is 36.4 Å². The molecule has 7 heteroatoms. The van der Waals surface area contributed by atoms with E-state index in [2.05, 4.69) is 10.6 Å². The van der Waals surface area contributed by atoms with Crippen molar-refractivity contribution in [2.75, 3.05) is 11.9 Å². The van der Waals surface area contributed by atoms with Crippen molar-refractivity contribution in [1.29, 1.82) is 0 Å². The lowest BCUT2D eigenvalue weighted by Gasteiger charge is -2.30. The summed E-state index contributed by atoms with van der Waals surface area (Å²) in [7, 11) is 0. The van der Waals surface area contributed by atoms with Gasteiger partial charge in [0.15, 0.2) is 0 Å². The maximum absolute atomic E-state index is 13.2. The standard InChI is InChI=1S/C19H19F2N3O2/c1-12(25)23-18-4-2-3-14-11-24(6-5-17(14)18)19(26)22-10-13-7-15(20)9-16(21)8-13/h2-4,7-9H,5-6,10-11H2,1H3,(H,22,26)(H,23,25). The highest BCUT2D eigenvalue weighted by atomic mass is 19.1. The van der Waals surface area contributed by atoms with E-state index in [-0.39, 0.29) is 18.5 Å². The molecule has 0 saturated carbocycles. The van der Waals surface area contributed by atoms with Gasteiger partial charge in [-0.05, 0) is 41.3 Å². The fourth-order valence-corrected chi connectivity index (χ4v) is 3.09. The normalized spacial score (nSPS) is 13.1. The molecule has 2 aromatic rings. The van der Waals surface area contributed by atoms with Crippen LogP contribution < -0.4 is 10.6 Å². The Morgan fingerprint density at radius 3 is 2.58 bits per heavy atom. The Balaban J connectivity index is 1.65. The molecule has 1 aliphatic rings. The van der Waals surface area contributed by atoms with E-state index in [1.165, 1.54) is 19.1 Å². The van der Waals surface area contributed by atoms with Gasteiger partial charge in [-0.1, -0.05) is 12.1 Å². The Morgan fingerprint density at radius 1 is 1.15 bits per heavy atom. The minimum absolute atomic E-state index is 0.0444. The molecule has 0 spiro atoms. The van der Waals surface area contributed by atoms with Crippen LogP contribution in [0.2, 0.25) is 0 Å². The molecule has 0 saturated heterocycles. The number of amides is 3. The van der Waals surface area contributed by atoms with Gasteiger partial charge in [0.25, 0.3) is 0 Å². The Kier molecular flexibility index (Phi) is 5.16. The van der Waals surface area contributed by atoms with Gasteiger partial charge in [0.05, 0.1) is 0 Å². The van der Waals surface area contributed by atoms with Crippen LogP contribution in [0.4, 0.5) is 19.3 Å². The molecule has 1 heterocycles. The molecule has 3 amide bonds. The third-order valence-electron chi connectivity index (χ3n) is 4.23. The summed E-state index contributed by atoms with van der Waals surface area (Å²) in [4.78, 5) is 25.3. The fourth-order valence-electron chi connectivity index (χ4n) is 3.09. The molecule has 0 atom stereocenters. The summed E-state index contributed by atoms with van der Waals surface area (Å²) in [5.41, 5.74) is 3.12. The van der Waals surface area contributed by atoms with E-state index < -0.39 is 11.6 Å². The SMILES string of the molecule is CC(=O)Nc1cccc2c1CCN(C(=O)NCc1cc(F)cc(F)c1)C2. The second kappa shape index (κ2) is 7.51. The smallest absolute Gasteiger partial charge is 0.317 e. The monoisotopic (exact) mass is 359 g/mol. The van der Waals surface area contributed by atoms with E-state index in [1.54, 1.807) is 4.90 Å². The van der Waals surface area contributed by atoms with Crippen LogP contribution in [0, 0.1) is 11.6 Å². The molecule has 0 fully saturated rings. The number of nitrogens with zero attached hydrogens (tertiary/aromatic N) is 1. The van der Waals surface area contributed by atoms with E-state index in [0.29, 0.717) is 25.1 Å². The van der Waals surface area contributed by atoms with Gasteiger partial charge in [0.2, 0.25) is 5.91 Å². The minimum atomic E-state index is -0.674. The summed E-state index contributed by atoms with van der Waals surface area (Å²) in [6, 6.07) is 8.46. The molecule has 0 aliphatic carbocycles. The summed E-state index contributed by atoms with van der Waals surface area (Å²) >= 11 is 0. The average molecular weight is 359 g/mol. The van der Waals surface area contributed by atoms with E-state index in [9.17, 15) is 18.4 Å². The van der Waals surface area contributed by atoms with Crippen molar-refractivity contribution >= 4 is 17.6 Å². The topological polar surface area (TPSA) is 61.4 Å². The first-order chi connectivity index (χ1) is 12.4. The predicted molar refractivity (Wildman–Crippen MR) is 93.5 cm³/mol. The number of nitrogens with one attached hydrogen (secondary N) is 2. The molecular weight excluding hydrogens is 340 g/mol. The number of fused-ring (bicyclic) bond motifs is 1. The zero-order valence-corrected chi connectivity index (χ0v) is 14.3. The van der Waals surface area contributed by atoms with Gasteiger partial charge in [-0.2, -0.15) is 0 Å². The number of rotatable bonds is 3.